The van der Waals surface area contributed by atoms with Gasteiger partial charge in [-0.25, -0.2) is 0 Å². The first-order valence-corrected chi connectivity index (χ1v) is 7.13. The summed E-state index contributed by atoms with van der Waals surface area (Å²) in [5.41, 5.74) is 0.704. The second kappa shape index (κ2) is 5.67. The predicted octanol–water partition coefficient (Wildman–Crippen LogP) is 2.86. The van der Waals surface area contributed by atoms with Gasteiger partial charge >= 0.3 is 0 Å². The number of benzene rings is 1. The number of thioether (sulfide) groups is 1. The highest BCUT2D eigenvalue weighted by Crippen LogP contribution is 2.18. The lowest BCUT2D eigenvalue weighted by Crippen LogP contribution is -2.03. The zero-order valence-corrected chi connectivity index (χ0v) is 12.5. The van der Waals surface area contributed by atoms with Crippen LogP contribution in [0.25, 0.3) is 0 Å². The lowest BCUT2D eigenvalue weighted by molar-refractivity contribution is 0.102. The summed E-state index contributed by atoms with van der Waals surface area (Å²) in [5, 5.41) is 8.73. The maximum atomic E-state index is 12.0. The molecule has 0 saturated carbocycles. The van der Waals surface area contributed by atoms with E-state index in [1.165, 1.54) is 11.8 Å². The van der Waals surface area contributed by atoms with Crippen molar-refractivity contribution in [1.82, 2.24) is 14.8 Å². The Morgan fingerprint density at radius 2 is 2.22 bits per heavy atom. The number of aryl methyl sites for hydroxylation is 1. The molecule has 2 aromatic rings. The SMILES string of the molecule is Cc1nnc(SCC(=O)c2cccc(Br)c2)n1C. The third-order valence-corrected chi connectivity index (χ3v) is 4.05. The number of Topliss-reactive ketones (excluding diaryl/α,β-unsaturated/α-hetero) is 1. The predicted molar refractivity (Wildman–Crippen MR) is 74.9 cm³/mol. The highest BCUT2D eigenvalue weighted by molar-refractivity contribution is 9.10. The first-order valence-electron chi connectivity index (χ1n) is 5.35. The van der Waals surface area contributed by atoms with E-state index in [0.29, 0.717) is 11.3 Å². The van der Waals surface area contributed by atoms with Crippen molar-refractivity contribution in [2.24, 2.45) is 7.05 Å². The molecule has 1 heterocycles. The molecule has 0 aliphatic carbocycles. The van der Waals surface area contributed by atoms with E-state index >= 15 is 0 Å². The van der Waals surface area contributed by atoms with Crippen molar-refractivity contribution in [1.29, 1.82) is 0 Å². The van der Waals surface area contributed by atoms with Gasteiger partial charge in [0.05, 0.1) is 5.75 Å². The van der Waals surface area contributed by atoms with E-state index in [1.807, 2.05) is 42.8 Å². The molecule has 94 valence electrons. The Labute approximate surface area is 118 Å². The van der Waals surface area contributed by atoms with Crippen LogP contribution < -0.4 is 0 Å². The smallest absolute Gasteiger partial charge is 0.191 e. The third-order valence-electron chi connectivity index (χ3n) is 2.53. The molecule has 0 fully saturated rings. The Morgan fingerprint density at radius 1 is 1.44 bits per heavy atom. The second-order valence-corrected chi connectivity index (χ2v) is 5.67. The van der Waals surface area contributed by atoms with Crippen LogP contribution in [0.15, 0.2) is 33.9 Å². The number of carbonyl (C=O) groups excluding carboxylic acids is 1. The van der Waals surface area contributed by atoms with Gasteiger partial charge in [-0.3, -0.25) is 4.79 Å². The standard InChI is InChI=1S/C12H12BrN3OS/c1-8-14-15-12(16(8)2)18-7-11(17)9-4-3-5-10(13)6-9/h3-6H,7H2,1-2H3. The van der Waals surface area contributed by atoms with Crippen molar-refractivity contribution in [2.45, 2.75) is 12.1 Å². The zero-order chi connectivity index (χ0) is 13.1. The average molecular weight is 326 g/mol. The molecule has 0 N–H and O–H groups in total. The summed E-state index contributed by atoms with van der Waals surface area (Å²) in [6.45, 7) is 1.88. The van der Waals surface area contributed by atoms with E-state index in [1.54, 1.807) is 0 Å². The average Bonchev–Trinajstić information content (AvgIpc) is 2.67. The quantitative estimate of drug-likeness (QED) is 0.640. The van der Waals surface area contributed by atoms with Gasteiger partial charge in [-0.2, -0.15) is 0 Å². The van der Waals surface area contributed by atoms with Crippen LogP contribution >= 0.6 is 27.7 Å². The monoisotopic (exact) mass is 325 g/mol. The van der Waals surface area contributed by atoms with Gasteiger partial charge in [0.25, 0.3) is 0 Å². The van der Waals surface area contributed by atoms with Gasteiger partial charge in [-0.05, 0) is 19.1 Å². The maximum absolute atomic E-state index is 12.0. The summed E-state index contributed by atoms with van der Waals surface area (Å²) in [7, 11) is 1.89. The van der Waals surface area contributed by atoms with Crippen LogP contribution in [-0.4, -0.2) is 26.3 Å². The van der Waals surface area contributed by atoms with Crippen molar-refractivity contribution in [3.05, 3.63) is 40.1 Å². The Balaban J connectivity index is 2.03. The molecular weight excluding hydrogens is 314 g/mol. The lowest BCUT2D eigenvalue weighted by Gasteiger charge is -2.02. The second-order valence-electron chi connectivity index (χ2n) is 3.81. The van der Waals surface area contributed by atoms with Crippen molar-refractivity contribution in [2.75, 3.05) is 5.75 Å². The minimum Gasteiger partial charge on any atom is -0.309 e. The molecule has 4 nitrogen and oxygen atoms in total. The molecule has 0 unspecified atom stereocenters. The molecule has 2 rings (SSSR count). The summed E-state index contributed by atoms with van der Waals surface area (Å²) in [6, 6.07) is 7.39. The topological polar surface area (TPSA) is 47.8 Å². The number of rotatable bonds is 4. The fourth-order valence-corrected chi connectivity index (χ4v) is 2.64. The normalized spacial score (nSPS) is 10.6. The van der Waals surface area contributed by atoms with Gasteiger partial charge in [0.15, 0.2) is 10.9 Å². The number of aromatic nitrogens is 3. The fraction of sp³-hybridized carbons (Fsp3) is 0.250. The number of hydrogen-bond acceptors (Lipinski definition) is 4. The van der Waals surface area contributed by atoms with E-state index in [2.05, 4.69) is 26.1 Å². The van der Waals surface area contributed by atoms with Crippen LogP contribution in [0.3, 0.4) is 0 Å². The van der Waals surface area contributed by atoms with Gasteiger partial charge in [-0.15, -0.1) is 10.2 Å². The Kier molecular flexibility index (Phi) is 4.19. The summed E-state index contributed by atoms with van der Waals surface area (Å²) in [4.78, 5) is 12.0. The van der Waals surface area contributed by atoms with Crippen LogP contribution in [0.2, 0.25) is 0 Å². The van der Waals surface area contributed by atoms with E-state index in [-0.39, 0.29) is 5.78 Å². The molecule has 0 aliphatic rings. The molecule has 0 atom stereocenters. The van der Waals surface area contributed by atoms with Crippen LogP contribution in [0.1, 0.15) is 16.2 Å². The van der Waals surface area contributed by atoms with Gasteiger partial charge in [0.2, 0.25) is 0 Å². The van der Waals surface area contributed by atoms with E-state index in [9.17, 15) is 4.79 Å². The number of nitrogens with zero attached hydrogens (tertiary/aromatic N) is 3. The summed E-state index contributed by atoms with van der Waals surface area (Å²) in [6.07, 6.45) is 0. The van der Waals surface area contributed by atoms with Gasteiger partial charge < -0.3 is 4.57 Å². The molecule has 0 amide bonds. The molecular formula is C12H12BrN3OS. The van der Waals surface area contributed by atoms with Crippen molar-refractivity contribution in [3.8, 4) is 0 Å². The Hall–Kier alpha value is -1.14. The number of carbonyl (C=O) groups is 1. The van der Waals surface area contributed by atoms with E-state index in [0.717, 1.165) is 15.5 Å². The molecule has 0 aliphatic heterocycles. The molecule has 0 saturated heterocycles. The molecule has 18 heavy (non-hydrogen) atoms. The van der Waals surface area contributed by atoms with Crippen molar-refractivity contribution < 1.29 is 4.79 Å². The molecule has 0 bridgehead atoms. The number of hydrogen-bond donors (Lipinski definition) is 0. The summed E-state index contributed by atoms with van der Waals surface area (Å²) >= 11 is 4.76. The minimum absolute atomic E-state index is 0.0851. The highest BCUT2D eigenvalue weighted by Gasteiger charge is 2.10. The molecule has 0 spiro atoms. The molecule has 0 radical (unpaired) electrons. The van der Waals surface area contributed by atoms with Crippen molar-refractivity contribution >= 4 is 33.5 Å². The first-order chi connectivity index (χ1) is 8.58. The van der Waals surface area contributed by atoms with Crippen LogP contribution in [0, 0.1) is 6.92 Å². The first kappa shape index (κ1) is 13.3. The van der Waals surface area contributed by atoms with Gasteiger partial charge in [0.1, 0.15) is 5.82 Å². The van der Waals surface area contributed by atoms with E-state index in [4.69, 9.17) is 0 Å². The van der Waals surface area contributed by atoms with Gasteiger partial charge in [-0.1, -0.05) is 39.8 Å². The zero-order valence-electron chi connectivity index (χ0n) is 10.1. The molecule has 1 aromatic carbocycles. The minimum atomic E-state index is 0.0851. The summed E-state index contributed by atoms with van der Waals surface area (Å²) in [5.74, 6) is 1.29. The van der Waals surface area contributed by atoms with Crippen LogP contribution in [-0.2, 0) is 7.05 Å². The molecule has 6 heteroatoms. The summed E-state index contributed by atoms with van der Waals surface area (Å²) < 4.78 is 2.78. The largest absolute Gasteiger partial charge is 0.309 e. The van der Waals surface area contributed by atoms with E-state index < -0.39 is 0 Å². The Morgan fingerprint density at radius 3 is 2.83 bits per heavy atom. The van der Waals surface area contributed by atoms with Crippen molar-refractivity contribution in [3.63, 3.8) is 0 Å². The van der Waals surface area contributed by atoms with Gasteiger partial charge in [0, 0.05) is 17.1 Å². The third kappa shape index (κ3) is 3.00. The number of ketones is 1. The number of halogens is 1. The fourth-order valence-electron chi connectivity index (χ4n) is 1.39. The van der Waals surface area contributed by atoms with Crippen LogP contribution in [0.5, 0.6) is 0 Å². The maximum Gasteiger partial charge on any atom is 0.191 e. The highest BCUT2D eigenvalue weighted by atomic mass is 79.9. The van der Waals surface area contributed by atoms with Crippen LogP contribution in [0.4, 0.5) is 0 Å². The Bertz CT molecular complexity index is 582. The molecule has 1 aromatic heterocycles. The lowest BCUT2D eigenvalue weighted by atomic mass is 10.2.